The van der Waals surface area contributed by atoms with Crippen molar-refractivity contribution in [3.05, 3.63) is 35.9 Å². The third kappa shape index (κ3) is 3.15. The van der Waals surface area contributed by atoms with Crippen molar-refractivity contribution in [3.8, 4) is 11.3 Å². The van der Waals surface area contributed by atoms with E-state index in [0.717, 1.165) is 30.3 Å². The highest BCUT2D eigenvalue weighted by Crippen LogP contribution is 2.25. The van der Waals surface area contributed by atoms with Gasteiger partial charge in [-0.3, -0.25) is 0 Å². The molecule has 0 unspecified atom stereocenters. The molecule has 2 heterocycles. The molecular weight excluding hydrogens is 260 g/mol. The van der Waals surface area contributed by atoms with E-state index in [1.165, 1.54) is 31.2 Å². The van der Waals surface area contributed by atoms with Gasteiger partial charge >= 0.3 is 0 Å². The molecule has 2 aromatic rings. The minimum atomic E-state index is 0.544. The highest BCUT2D eigenvalue weighted by molar-refractivity contribution is 5.67. The number of hydrogen-bond acceptors (Lipinski definition) is 4. The topological polar surface area (TPSA) is 55.0 Å². The van der Waals surface area contributed by atoms with Crippen LogP contribution in [0.25, 0.3) is 11.3 Å². The zero-order valence-electron chi connectivity index (χ0n) is 12.5. The Kier molecular flexibility index (Phi) is 4.04. The third-order valence-electron chi connectivity index (χ3n) is 4.04. The van der Waals surface area contributed by atoms with Gasteiger partial charge in [0.2, 0.25) is 5.95 Å². The Bertz CT molecular complexity index is 616. The standard InChI is InChI=1S/C17H22N4/c1-13-8-4-5-9-14(13)15-12-16(18)20-17(19-15)21-10-6-2-3-7-11-21/h4-5,8-9,12H,2-3,6-7,10-11H2,1H3,(H2,18,19,20). The van der Waals surface area contributed by atoms with Gasteiger partial charge < -0.3 is 10.6 Å². The molecule has 110 valence electrons. The van der Waals surface area contributed by atoms with E-state index in [1.54, 1.807) is 0 Å². The summed E-state index contributed by atoms with van der Waals surface area (Å²) in [6.07, 6.45) is 5.00. The lowest BCUT2D eigenvalue weighted by Gasteiger charge is -2.21. The fraction of sp³-hybridized carbons (Fsp3) is 0.412. The Morgan fingerprint density at radius 2 is 1.71 bits per heavy atom. The van der Waals surface area contributed by atoms with Gasteiger partial charge in [0.15, 0.2) is 0 Å². The highest BCUT2D eigenvalue weighted by Gasteiger charge is 2.15. The quantitative estimate of drug-likeness (QED) is 0.917. The van der Waals surface area contributed by atoms with Crippen molar-refractivity contribution in [2.45, 2.75) is 32.6 Å². The molecule has 1 saturated heterocycles. The lowest BCUT2D eigenvalue weighted by molar-refractivity contribution is 0.726. The van der Waals surface area contributed by atoms with Crippen LogP contribution < -0.4 is 10.6 Å². The summed E-state index contributed by atoms with van der Waals surface area (Å²) >= 11 is 0. The average Bonchev–Trinajstić information content (AvgIpc) is 2.76. The van der Waals surface area contributed by atoms with Crippen LogP contribution in [-0.2, 0) is 0 Å². The Balaban J connectivity index is 1.98. The Labute approximate surface area is 126 Å². The molecule has 0 bridgehead atoms. The van der Waals surface area contributed by atoms with Crippen LogP contribution in [0.3, 0.4) is 0 Å². The largest absolute Gasteiger partial charge is 0.384 e. The number of rotatable bonds is 2. The first-order valence-electron chi connectivity index (χ1n) is 7.69. The molecule has 2 N–H and O–H groups in total. The Morgan fingerprint density at radius 3 is 2.43 bits per heavy atom. The smallest absolute Gasteiger partial charge is 0.227 e. The van der Waals surface area contributed by atoms with E-state index >= 15 is 0 Å². The number of hydrogen-bond donors (Lipinski definition) is 1. The maximum atomic E-state index is 6.01. The summed E-state index contributed by atoms with van der Waals surface area (Å²) in [5.74, 6) is 1.32. The first-order valence-corrected chi connectivity index (χ1v) is 7.69. The molecule has 1 fully saturated rings. The van der Waals surface area contributed by atoms with E-state index < -0.39 is 0 Å². The van der Waals surface area contributed by atoms with E-state index in [-0.39, 0.29) is 0 Å². The van der Waals surface area contributed by atoms with Crippen LogP contribution in [0.1, 0.15) is 31.2 Å². The summed E-state index contributed by atoms with van der Waals surface area (Å²) in [5.41, 5.74) is 9.26. The van der Waals surface area contributed by atoms with Gasteiger partial charge in [-0.2, -0.15) is 4.98 Å². The van der Waals surface area contributed by atoms with Crippen LogP contribution in [0.2, 0.25) is 0 Å². The maximum absolute atomic E-state index is 6.01. The number of benzene rings is 1. The molecule has 0 atom stereocenters. The number of aromatic nitrogens is 2. The number of nitrogens with zero attached hydrogens (tertiary/aromatic N) is 3. The molecule has 3 rings (SSSR count). The number of aryl methyl sites for hydroxylation is 1. The zero-order valence-corrected chi connectivity index (χ0v) is 12.5. The fourth-order valence-electron chi connectivity index (χ4n) is 2.86. The van der Waals surface area contributed by atoms with E-state index in [9.17, 15) is 0 Å². The van der Waals surface area contributed by atoms with Crippen LogP contribution in [0, 0.1) is 6.92 Å². The van der Waals surface area contributed by atoms with Crippen molar-refractivity contribution < 1.29 is 0 Å². The van der Waals surface area contributed by atoms with Crippen LogP contribution >= 0.6 is 0 Å². The van der Waals surface area contributed by atoms with Gasteiger partial charge in [-0.1, -0.05) is 37.1 Å². The van der Waals surface area contributed by atoms with E-state index in [4.69, 9.17) is 10.7 Å². The Hall–Kier alpha value is -2.10. The molecule has 1 aromatic heterocycles. The first-order chi connectivity index (χ1) is 10.2. The SMILES string of the molecule is Cc1ccccc1-c1cc(N)nc(N2CCCCCC2)n1. The molecular formula is C17H22N4. The van der Waals surface area contributed by atoms with Crippen molar-refractivity contribution >= 4 is 11.8 Å². The van der Waals surface area contributed by atoms with Crippen LogP contribution in [-0.4, -0.2) is 23.1 Å². The average molecular weight is 282 g/mol. The monoisotopic (exact) mass is 282 g/mol. The molecule has 21 heavy (non-hydrogen) atoms. The molecule has 0 aliphatic carbocycles. The van der Waals surface area contributed by atoms with Gasteiger partial charge in [0.05, 0.1) is 5.69 Å². The summed E-state index contributed by atoms with van der Waals surface area (Å²) in [6, 6.07) is 10.1. The van der Waals surface area contributed by atoms with E-state index in [2.05, 4.69) is 28.9 Å². The lowest BCUT2D eigenvalue weighted by Crippen LogP contribution is -2.26. The summed E-state index contributed by atoms with van der Waals surface area (Å²) in [7, 11) is 0. The molecule has 1 aromatic carbocycles. The van der Waals surface area contributed by atoms with Gasteiger partial charge in [0.25, 0.3) is 0 Å². The molecule has 1 aliphatic heterocycles. The third-order valence-corrected chi connectivity index (χ3v) is 4.04. The molecule has 1 aliphatic rings. The maximum Gasteiger partial charge on any atom is 0.227 e. The second-order valence-electron chi connectivity index (χ2n) is 5.69. The van der Waals surface area contributed by atoms with Crippen LogP contribution in [0.15, 0.2) is 30.3 Å². The number of nitrogens with two attached hydrogens (primary N) is 1. The first kappa shape index (κ1) is 13.9. The minimum Gasteiger partial charge on any atom is -0.384 e. The molecule has 0 radical (unpaired) electrons. The molecule has 4 heteroatoms. The van der Waals surface area contributed by atoms with Gasteiger partial charge in [0.1, 0.15) is 5.82 Å². The molecule has 4 nitrogen and oxygen atoms in total. The summed E-state index contributed by atoms with van der Waals surface area (Å²) in [4.78, 5) is 11.5. The van der Waals surface area contributed by atoms with Gasteiger partial charge in [-0.05, 0) is 25.3 Å². The van der Waals surface area contributed by atoms with Crippen molar-refractivity contribution in [2.24, 2.45) is 0 Å². The van der Waals surface area contributed by atoms with Crippen molar-refractivity contribution in [2.75, 3.05) is 23.7 Å². The van der Waals surface area contributed by atoms with E-state index in [1.807, 2.05) is 18.2 Å². The van der Waals surface area contributed by atoms with Crippen molar-refractivity contribution in [1.82, 2.24) is 9.97 Å². The van der Waals surface area contributed by atoms with Crippen molar-refractivity contribution in [3.63, 3.8) is 0 Å². The zero-order chi connectivity index (χ0) is 14.7. The molecule has 0 spiro atoms. The normalized spacial score (nSPS) is 15.8. The second kappa shape index (κ2) is 6.12. The van der Waals surface area contributed by atoms with Crippen molar-refractivity contribution in [1.29, 1.82) is 0 Å². The van der Waals surface area contributed by atoms with E-state index in [0.29, 0.717) is 5.82 Å². The van der Waals surface area contributed by atoms with Gasteiger partial charge in [-0.25, -0.2) is 4.98 Å². The Morgan fingerprint density at radius 1 is 1.00 bits per heavy atom. The summed E-state index contributed by atoms with van der Waals surface area (Å²) in [6.45, 7) is 4.15. The molecule has 0 saturated carbocycles. The number of nitrogen functional groups attached to an aromatic ring is 1. The lowest BCUT2D eigenvalue weighted by atomic mass is 10.1. The minimum absolute atomic E-state index is 0.544. The fourth-order valence-corrected chi connectivity index (χ4v) is 2.86. The van der Waals surface area contributed by atoms with Crippen LogP contribution in [0.4, 0.5) is 11.8 Å². The summed E-state index contributed by atoms with van der Waals surface area (Å²) < 4.78 is 0. The number of anilines is 2. The van der Waals surface area contributed by atoms with Gasteiger partial charge in [0, 0.05) is 24.7 Å². The molecule has 0 amide bonds. The summed E-state index contributed by atoms with van der Waals surface area (Å²) in [5, 5.41) is 0. The highest BCUT2D eigenvalue weighted by atomic mass is 15.3. The predicted molar refractivity (Wildman–Crippen MR) is 87.3 cm³/mol. The second-order valence-corrected chi connectivity index (χ2v) is 5.69. The predicted octanol–water partition coefficient (Wildman–Crippen LogP) is 3.41. The van der Waals surface area contributed by atoms with Crippen LogP contribution in [0.5, 0.6) is 0 Å². The van der Waals surface area contributed by atoms with Gasteiger partial charge in [-0.15, -0.1) is 0 Å².